The fourth-order valence-electron chi connectivity index (χ4n) is 6.52. The van der Waals surface area contributed by atoms with E-state index in [4.69, 9.17) is 16.0 Å². The van der Waals surface area contributed by atoms with Gasteiger partial charge in [-0.3, -0.25) is 14.4 Å². The molecule has 244 valence electrons. The van der Waals surface area contributed by atoms with Gasteiger partial charge in [-0.05, 0) is 78.1 Å². The Morgan fingerprint density at radius 1 is 0.957 bits per heavy atom. The molecule has 2 aliphatic heterocycles. The van der Waals surface area contributed by atoms with Crippen LogP contribution in [-0.4, -0.2) is 42.4 Å². The molecule has 1 unspecified atom stereocenters. The Morgan fingerprint density at radius 2 is 1.70 bits per heavy atom. The van der Waals surface area contributed by atoms with E-state index in [1.165, 1.54) is 22.9 Å². The number of anilines is 1. The topological polar surface area (TPSA) is 82.9 Å². The SMILES string of the molecule is CC(C)(C)c1ccc2oc(C(=O)NC(C=C3CCN(c4ccccc4CN4CCCC4=O)CC3)Cc3ccc(Cl)cc3)cc(=O)c2c1. The Hall–Kier alpha value is -4.36. The lowest BCUT2D eigenvalue weighted by Crippen LogP contribution is -2.37. The maximum atomic E-state index is 13.6. The third kappa shape index (κ3) is 7.79. The van der Waals surface area contributed by atoms with E-state index in [1.54, 1.807) is 6.07 Å². The summed E-state index contributed by atoms with van der Waals surface area (Å²) in [6.45, 7) is 9.42. The first kappa shape index (κ1) is 32.6. The van der Waals surface area contributed by atoms with Gasteiger partial charge in [0.2, 0.25) is 5.91 Å². The minimum Gasteiger partial charge on any atom is -0.451 e. The largest absolute Gasteiger partial charge is 0.451 e. The first-order valence-electron chi connectivity index (χ1n) is 16.5. The second-order valence-corrected chi connectivity index (χ2v) is 14.1. The minimum atomic E-state index is -0.428. The summed E-state index contributed by atoms with van der Waals surface area (Å²) in [5.41, 5.74) is 5.72. The van der Waals surface area contributed by atoms with Gasteiger partial charge >= 0.3 is 0 Å². The number of benzene rings is 3. The maximum Gasteiger partial charge on any atom is 0.287 e. The van der Waals surface area contributed by atoms with Crippen molar-refractivity contribution in [2.75, 3.05) is 24.5 Å². The van der Waals surface area contributed by atoms with Gasteiger partial charge in [-0.15, -0.1) is 0 Å². The Kier molecular flexibility index (Phi) is 9.55. The number of nitrogens with zero attached hydrogens (tertiary/aromatic N) is 2. The fourth-order valence-corrected chi connectivity index (χ4v) is 6.64. The summed E-state index contributed by atoms with van der Waals surface area (Å²) in [5.74, 6) is -0.203. The zero-order valence-corrected chi connectivity index (χ0v) is 28.1. The van der Waals surface area contributed by atoms with Crippen molar-refractivity contribution in [3.63, 3.8) is 0 Å². The highest BCUT2D eigenvalue weighted by Gasteiger charge is 2.24. The van der Waals surface area contributed by atoms with Gasteiger partial charge in [-0.25, -0.2) is 0 Å². The van der Waals surface area contributed by atoms with Crippen LogP contribution in [0.3, 0.4) is 0 Å². The Bertz CT molecular complexity index is 1860. The number of carbonyl (C=O) groups excluding carboxylic acids is 2. The van der Waals surface area contributed by atoms with Crippen LogP contribution in [0, 0.1) is 0 Å². The molecule has 0 aliphatic carbocycles. The summed E-state index contributed by atoms with van der Waals surface area (Å²) in [4.78, 5) is 43.3. The van der Waals surface area contributed by atoms with Crippen molar-refractivity contribution in [2.45, 2.75) is 70.9 Å². The fraction of sp³-hybridized carbons (Fsp3) is 0.359. The molecule has 1 N–H and O–H groups in total. The Morgan fingerprint density at radius 3 is 2.40 bits per heavy atom. The molecule has 3 aromatic carbocycles. The van der Waals surface area contributed by atoms with Crippen LogP contribution in [-0.2, 0) is 23.2 Å². The van der Waals surface area contributed by atoms with Gasteiger partial charge < -0.3 is 19.5 Å². The molecule has 8 heteroatoms. The van der Waals surface area contributed by atoms with E-state index in [1.807, 2.05) is 47.4 Å². The van der Waals surface area contributed by atoms with Crippen molar-refractivity contribution in [3.05, 3.63) is 122 Å². The summed E-state index contributed by atoms with van der Waals surface area (Å²) in [6, 6.07) is 22.6. The molecule has 7 nitrogen and oxygen atoms in total. The number of likely N-dealkylation sites (tertiary alicyclic amines) is 1. The molecule has 0 saturated carbocycles. The number of amides is 2. The number of hydrogen-bond acceptors (Lipinski definition) is 5. The number of fused-ring (bicyclic) bond motifs is 1. The van der Waals surface area contributed by atoms with E-state index < -0.39 is 5.91 Å². The smallest absolute Gasteiger partial charge is 0.287 e. The lowest BCUT2D eigenvalue weighted by molar-refractivity contribution is -0.128. The van der Waals surface area contributed by atoms with Crippen molar-refractivity contribution in [3.8, 4) is 0 Å². The summed E-state index contributed by atoms with van der Waals surface area (Å²) in [5, 5.41) is 4.26. The highest BCUT2D eigenvalue weighted by molar-refractivity contribution is 6.30. The lowest BCUT2D eigenvalue weighted by atomic mass is 9.86. The predicted octanol–water partition coefficient (Wildman–Crippen LogP) is 7.43. The van der Waals surface area contributed by atoms with Gasteiger partial charge in [0.05, 0.1) is 11.4 Å². The number of para-hydroxylation sites is 1. The molecular weight excluding hydrogens is 610 g/mol. The van der Waals surface area contributed by atoms with E-state index in [-0.39, 0.29) is 28.6 Å². The van der Waals surface area contributed by atoms with Crippen LogP contribution in [0.15, 0.2) is 93.7 Å². The summed E-state index contributed by atoms with van der Waals surface area (Å²) in [6.07, 6.45) is 6.00. The van der Waals surface area contributed by atoms with Gasteiger partial charge in [0.1, 0.15) is 5.58 Å². The van der Waals surface area contributed by atoms with Crippen molar-refractivity contribution < 1.29 is 14.0 Å². The molecule has 2 amide bonds. The van der Waals surface area contributed by atoms with E-state index in [0.717, 1.165) is 50.0 Å². The van der Waals surface area contributed by atoms with Crippen molar-refractivity contribution >= 4 is 40.1 Å². The molecule has 2 aliphatic rings. The molecule has 2 fully saturated rings. The van der Waals surface area contributed by atoms with Gasteiger partial charge in [0.25, 0.3) is 5.91 Å². The monoisotopic (exact) mass is 651 g/mol. The van der Waals surface area contributed by atoms with Crippen LogP contribution in [0.2, 0.25) is 5.02 Å². The van der Waals surface area contributed by atoms with Crippen LogP contribution in [0.25, 0.3) is 11.0 Å². The molecule has 0 bridgehead atoms. The third-order valence-electron chi connectivity index (χ3n) is 9.21. The quantitative estimate of drug-likeness (QED) is 0.200. The number of hydrogen-bond donors (Lipinski definition) is 1. The van der Waals surface area contributed by atoms with Gasteiger partial charge in [0, 0.05) is 49.4 Å². The molecule has 1 atom stereocenters. The normalized spacial score (nSPS) is 16.1. The van der Waals surface area contributed by atoms with Gasteiger partial charge in [0.15, 0.2) is 11.2 Å². The minimum absolute atomic E-state index is 0.00609. The van der Waals surface area contributed by atoms with Crippen LogP contribution in [0.4, 0.5) is 5.69 Å². The van der Waals surface area contributed by atoms with E-state index in [2.05, 4.69) is 55.3 Å². The second kappa shape index (κ2) is 13.8. The predicted molar refractivity (Wildman–Crippen MR) is 188 cm³/mol. The summed E-state index contributed by atoms with van der Waals surface area (Å²) in [7, 11) is 0. The highest BCUT2D eigenvalue weighted by atomic mass is 35.5. The number of nitrogens with one attached hydrogen (secondary N) is 1. The molecule has 3 heterocycles. The average Bonchev–Trinajstić information content (AvgIpc) is 3.45. The molecule has 2 saturated heterocycles. The van der Waals surface area contributed by atoms with Gasteiger partial charge in [-0.2, -0.15) is 0 Å². The summed E-state index contributed by atoms with van der Waals surface area (Å²) < 4.78 is 5.98. The van der Waals surface area contributed by atoms with Crippen molar-refractivity contribution in [1.82, 2.24) is 10.2 Å². The third-order valence-corrected chi connectivity index (χ3v) is 9.46. The van der Waals surface area contributed by atoms with Crippen LogP contribution < -0.4 is 15.6 Å². The van der Waals surface area contributed by atoms with E-state index >= 15 is 0 Å². The van der Waals surface area contributed by atoms with E-state index in [0.29, 0.717) is 35.4 Å². The first-order chi connectivity index (χ1) is 22.5. The molecule has 1 aromatic heterocycles. The van der Waals surface area contributed by atoms with E-state index in [9.17, 15) is 14.4 Å². The highest BCUT2D eigenvalue weighted by Crippen LogP contribution is 2.29. The van der Waals surface area contributed by atoms with Gasteiger partial charge in [-0.1, -0.05) is 80.4 Å². The maximum absolute atomic E-state index is 13.6. The Balaban J connectivity index is 1.19. The molecule has 4 aromatic rings. The van der Waals surface area contributed by atoms with Crippen LogP contribution in [0.5, 0.6) is 0 Å². The van der Waals surface area contributed by atoms with Crippen LogP contribution >= 0.6 is 11.6 Å². The number of piperidine rings is 1. The summed E-state index contributed by atoms with van der Waals surface area (Å²) >= 11 is 6.15. The molecule has 0 spiro atoms. The Labute approximate surface area is 281 Å². The molecular formula is C39H42ClN3O4. The standard InChI is InChI=1S/C39H42ClN3O4/c1-39(2,3)29-12-15-35-32(23-29)34(44)24-36(47-35)38(46)41-31(21-26-10-13-30(40)14-11-26)22-27-16-19-42(20-17-27)33-8-5-4-7-28(33)25-43-18-6-9-37(43)45/h4-5,7-8,10-15,22-24,31H,6,9,16-21,25H2,1-3H3,(H,41,46). The zero-order valence-electron chi connectivity index (χ0n) is 27.4. The number of halogens is 1. The lowest BCUT2D eigenvalue weighted by Gasteiger charge is -2.33. The molecule has 47 heavy (non-hydrogen) atoms. The zero-order chi connectivity index (χ0) is 33.1. The first-order valence-corrected chi connectivity index (χ1v) is 16.9. The second-order valence-electron chi connectivity index (χ2n) is 13.7. The molecule has 0 radical (unpaired) electrons. The average molecular weight is 652 g/mol. The van der Waals surface area contributed by atoms with Crippen LogP contribution in [0.1, 0.15) is 73.7 Å². The van der Waals surface area contributed by atoms with Crippen molar-refractivity contribution in [2.24, 2.45) is 0 Å². The number of rotatable bonds is 8. The van der Waals surface area contributed by atoms with Crippen molar-refractivity contribution in [1.29, 1.82) is 0 Å². The number of carbonyl (C=O) groups is 2. The molecule has 6 rings (SSSR count).